The van der Waals surface area contributed by atoms with Gasteiger partial charge in [-0.25, -0.2) is 23.8 Å². The second-order valence-electron chi connectivity index (χ2n) is 10.9. The number of ether oxygens (including phenoxy) is 3. The van der Waals surface area contributed by atoms with Gasteiger partial charge in [-0.3, -0.25) is 4.84 Å². The topological polar surface area (TPSA) is 109 Å². The maximum absolute atomic E-state index is 13.3. The van der Waals surface area contributed by atoms with E-state index in [4.69, 9.17) is 19.0 Å². The van der Waals surface area contributed by atoms with Crippen molar-refractivity contribution in [1.82, 2.24) is 14.6 Å². The number of fused-ring (bicyclic) bond motifs is 1. The van der Waals surface area contributed by atoms with E-state index in [2.05, 4.69) is 4.98 Å². The fraction of sp³-hybridized carbons (Fsp3) is 0.379. The highest BCUT2D eigenvalue weighted by atomic mass is 19.1. The maximum Gasteiger partial charge on any atom is 0.534 e. The van der Waals surface area contributed by atoms with Gasteiger partial charge in [0.1, 0.15) is 17.0 Å². The zero-order valence-electron chi connectivity index (χ0n) is 23.7. The van der Waals surface area contributed by atoms with Gasteiger partial charge in [0, 0.05) is 23.7 Å². The van der Waals surface area contributed by atoms with Crippen molar-refractivity contribution in [3.63, 3.8) is 0 Å². The molecule has 0 spiro atoms. The molecule has 0 saturated heterocycles. The van der Waals surface area contributed by atoms with Gasteiger partial charge in [-0.2, -0.15) is 0 Å². The van der Waals surface area contributed by atoms with Gasteiger partial charge in [0.25, 0.3) is 0 Å². The van der Waals surface area contributed by atoms with Crippen LogP contribution in [0.2, 0.25) is 0 Å². The Hall–Kier alpha value is -4.41. The Kier molecular flexibility index (Phi) is 9.18. The minimum atomic E-state index is -1.08. The number of amides is 1. The lowest BCUT2D eigenvalue weighted by Gasteiger charge is -2.26. The third-order valence-corrected chi connectivity index (χ3v) is 5.24. The largest absolute Gasteiger partial charge is 0.534 e. The summed E-state index contributed by atoms with van der Waals surface area (Å²) in [6.07, 6.45) is 4.50. The average molecular weight is 556 g/mol. The number of methoxy groups -OCH3 is 1. The summed E-state index contributed by atoms with van der Waals surface area (Å²) in [5.41, 5.74) is 0.388. The molecule has 0 bridgehead atoms. The maximum atomic E-state index is 13.3. The van der Waals surface area contributed by atoms with Crippen molar-refractivity contribution in [1.29, 1.82) is 0 Å². The minimum absolute atomic E-state index is 0.0580. The first-order chi connectivity index (χ1) is 18.7. The number of benzene rings is 1. The predicted octanol–water partition coefficient (Wildman–Crippen LogP) is 6.13. The van der Waals surface area contributed by atoms with Crippen molar-refractivity contribution in [3.05, 3.63) is 71.4 Å². The fourth-order valence-corrected chi connectivity index (χ4v) is 3.62. The van der Waals surface area contributed by atoms with Crippen LogP contribution in [0.5, 0.6) is 0 Å². The lowest BCUT2D eigenvalue weighted by Crippen LogP contribution is -2.39. The molecule has 0 aliphatic rings. The van der Waals surface area contributed by atoms with E-state index in [0.29, 0.717) is 23.0 Å². The van der Waals surface area contributed by atoms with E-state index in [9.17, 15) is 18.8 Å². The molecule has 0 saturated carbocycles. The molecule has 3 rings (SSSR count). The predicted molar refractivity (Wildman–Crippen MR) is 146 cm³/mol. The molecule has 0 N–H and O–H groups in total. The molecule has 3 aromatic rings. The van der Waals surface area contributed by atoms with Crippen LogP contribution in [-0.2, 0) is 25.6 Å². The zero-order chi connectivity index (χ0) is 29.7. The van der Waals surface area contributed by atoms with Crippen LogP contribution in [0.1, 0.15) is 63.2 Å². The normalized spacial score (nSPS) is 11.9. The van der Waals surface area contributed by atoms with Crippen molar-refractivity contribution < 1.29 is 37.8 Å². The third kappa shape index (κ3) is 8.29. The average Bonchev–Trinajstić information content (AvgIpc) is 3.25. The highest BCUT2D eigenvalue weighted by Gasteiger charge is 2.27. The van der Waals surface area contributed by atoms with Crippen LogP contribution in [0.15, 0.2) is 48.8 Å². The molecule has 0 radical (unpaired) electrons. The van der Waals surface area contributed by atoms with E-state index in [0.717, 1.165) is 10.6 Å². The summed E-state index contributed by atoms with van der Waals surface area (Å²) in [6.45, 7) is 10.3. The number of hydroxylamine groups is 2. The Morgan fingerprint density at radius 1 is 1.00 bits per heavy atom. The van der Waals surface area contributed by atoms with Crippen LogP contribution < -0.4 is 0 Å². The van der Waals surface area contributed by atoms with E-state index >= 15 is 0 Å². The summed E-state index contributed by atoms with van der Waals surface area (Å²) in [4.78, 5) is 47.0. The first-order valence-electron chi connectivity index (χ1n) is 12.6. The van der Waals surface area contributed by atoms with Crippen LogP contribution in [0, 0.1) is 5.82 Å². The Morgan fingerprint density at radius 2 is 1.65 bits per heavy atom. The van der Waals surface area contributed by atoms with Crippen LogP contribution in [0.25, 0.3) is 17.0 Å². The molecule has 0 unspecified atom stereocenters. The van der Waals surface area contributed by atoms with Crippen LogP contribution >= 0.6 is 0 Å². The molecule has 214 valence electrons. The first-order valence-corrected chi connectivity index (χ1v) is 12.6. The number of hydrogen-bond acceptors (Lipinski definition) is 8. The lowest BCUT2D eigenvalue weighted by molar-refractivity contribution is -0.130. The highest BCUT2D eigenvalue weighted by Crippen LogP contribution is 2.25. The van der Waals surface area contributed by atoms with E-state index < -0.39 is 29.4 Å². The summed E-state index contributed by atoms with van der Waals surface area (Å²) < 4.78 is 30.7. The second kappa shape index (κ2) is 12.2. The van der Waals surface area contributed by atoms with Crippen molar-refractivity contribution in [2.24, 2.45) is 0 Å². The monoisotopic (exact) mass is 555 g/mol. The molecular formula is C29H34FN3O7. The van der Waals surface area contributed by atoms with Gasteiger partial charge in [-0.1, -0.05) is 24.3 Å². The molecule has 10 nitrogen and oxygen atoms in total. The molecule has 0 fully saturated rings. The molecule has 11 heteroatoms. The number of aromatic nitrogens is 2. The summed E-state index contributed by atoms with van der Waals surface area (Å²) >= 11 is 0. The molecule has 40 heavy (non-hydrogen) atoms. The Balaban J connectivity index is 1.94. The number of rotatable bonds is 6. The van der Waals surface area contributed by atoms with E-state index in [1.54, 1.807) is 65.9 Å². The molecule has 0 atom stereocenters. The van der Waals surface area contributed by atoms with Gasteiger partial charge in [0.2, 0.25) is 0 Å². The standard InChI is InChI=1S/C29H34FN3O7/c1-28(2,3)38-26(35)33(40-27(36)39-29(4,5)6)15-8-9-22-21-14-16-32(18-19-10-12-20(30)13-11-19)23(21)17-31-24(22)25(34)37-7/h8-14,16-17H,15,18H2,1-7H3/b9-8-. The molecular weight excluding hydrogens is 521 g/mol. The Labute approximate surface area is 232 Å². The van der Waals surface area contributed by atoms with Crippen LogP contribution in [-0.4, -0.2) is 57.7 Å². The van der Waals surface area contributed by atoms with Crippen molar-refractivity contribution in [2.75, 3.05) is 13.7 Å². The summed E-state index contributed by atoms with van der Waals surface area (Å²) in [5, 5.41) is 1.41. The number of hydrogen-bond donors (Lipinski definition) is 0. The quantitative estimate of drug-likeness (QED) is 0.203. The second-order valence-corrected chi connectivity index (χ2v) is 10.9. The molecule has 0 aliphatic carbocycles. The molecule has 2 heterocycles. The zero-order valence-corrected chi connectivity index (χ0v) is 23.7. The van der Waals surface area contributed by atoms with Crippen molar-refractivity contribution >= 4 is 35.2 Å². The first kappa shape index (κ1) is 30.1. The Morgan fingerprint density at radius 3 is 2.25 bits per heavy atom. The van der Waals surface area contributed by atoms with Gasteiger partial charge in [0.15, 0.2) is 5.69 Å². The number of esters is 1. The fourth-order valence-electron chi connectivity index (χ4n) is 3.62. The van der Waals surface area contributed by atoms with Gasteiger partial charge < -0.3 is 18.8 Å². The summed E-state index contributed by atoms with van der Waals surface area (Å²) in [7, 11) is 1.25. The third-order valence-electron chi connectivity index (χ3n) is 5.24. The van der Waals surface area contributed by atoms with Gasteiger partial charge in [-0.05, 0) is 65.3 Å². The van der Waals surface area contributed by atoms with Gasteiger partial charge in [-0.15, -0.1) is 5.06 Å². The number of carbonyl (C=O) groups is 3. The van der Waals surface area contributed by atoms with E-state index in [1.807, 2.05) is 16.8 Å². The highest BCUT2D eigenvalue weighted by molar-refractivity contribution is 6.00. The molecule has 0 aliphatic heterocycles. The lowest BCUT2D eigenvalue weighted by atomic mass is 10.1. The SMILES string of the molecule is COC(=O)c1ncc2c(ccn2Cc2ccc(F)cc2)c1/C=C\CN(OC(=O)OC(C)(C)C)C(=O)OC(C)(C)C. The van der Waals surface area contributed by atoms with E-state index in [1.165, 1.54) is 25.3 Å². The van der Waals surface area contributed by atoms with Gasteiger partial charge >= 0.3 is 18.2 Å². The van der Waals surface area contributed by atoms with Crippen LogP contribution in [0.3, 0.4) is 0 Å². The Bertz CT molecular complexity index is 1400. The number of nitrogens with zero attached hydrogens (tertiary/aromatic N) is 3. The van der Waals surface area contributed by atoms with Gasteiger partial charge in [0.05, 0.1) is 25.4 Å². The minimum Gasteiger partial charge on any atom is -0.464 e. The number of halogens is 1. The number of pyridine rings is 1. The smallest absolute Gasteiger partial charge is 0.464 e. The molecule has 2 aromatic heterocycles. The number of carbonyl (C=O) groups excluding carboxylic acids is 3. The van der Waals surface area contributed by atoms with Crippen molar-refractivity contribution in [2.45, 2.75) is 59.3 Å². The molecule has 1 aromatic carbocycles. The summed E-state index contributed by atoms with van der Waals surface area (Å²) in [5.74, 6) is -0.976. The van der Waals surface area contributed by atoms with Crippen molar-refractivity contribution in [3.8, 4) is 0 Å². The summed E-state index contributed by atoms with van der Waals surface area (Å²) in [6, 6.07) is 7.97. The molecule has 1 amide bonds. The van der Waals surface area contributed by atoms with E-state index in [-0.39, 0.29) is 18.1 Å². The van der Waals surface area contributed by atoms with Crippen LogP contribution in [0.4, 0.5) is 14.0 Å².